The number of allylic oxidation sites excluding steroid dienone is 2. The molecule has 2 N–H and O–H groups in total. The molecule has 0 spiro atoms. The summed E-state index contributed by atoms with van der Waals surface area (Å²) in [4.78, 5) is 36.0. The monoisotopic (exact) mass is 420 g/mol. The molecule has 0 aliphatic rings. The van der Waals surface area contributed by atoms with Crippen molar-refractivity contribution < 1.29 is 29.0 Å². The van der Waals surface area contributed by atoms with Gasteiger partial charge in [0.05, 0.1) is 7.11 Å². The number of rotatable bonds is 11. The van der Waals surface area contributed by atoms with E-state index >= 15 is 0 Å². The molecule has 0 saturated heterocycles. The zero-order valence-corrected chi connectivity index (χ0v) is 18.1. The highest BCUT2D eigenvalue weighted by Crippen LogP contribution is 2.28. The number of carbonyl (C=O) groups is 3. The second kappa shape index (κ2) is 13.4. The number of hydrogen-bond acceptors (Lipinski definition) is 6. The molecule has 3 amide bonds. The van der Waals surface area contributed by atoms with Crippen molar-refractivity contribution in [3.8, 4) is 11.5 Å². The van der Waals surface area contributed by atoms with E-state index in [-0.39, 0.29) is 17.4 Å². The van der Waals surface area contributed by atoms with Crippen LogP contribution in [0.5, 0.6) is 11.5 Å². The summed E-state index contributed by atoms with van der Waals surface area (Å²) in [5.74, 6) is 0.154. The van der Waals surface area contributed by atoms with Crippen LogP contribution < -0.4 is 14.8 Å². The fraction of sp³-hybridized carbons (Fsp3) is 0.500. The number of methoxy groups -OCH3 is 1. The second-order valence-electron chi connectivity index (χ2n) is 7.16. The van der Waals surface area contributed by atoms with E-state index in [9.17, 15) is 14.4 Å². The van der Waals surface area contributed by atoms with Crippen molar-refractivity contribution in [2.24, 2.45) is 5.92 Å². The van der Waals surface area contributed by atoms with Gasteiger partial charge in [0.25, 0.3) is 5.91 Å². The van der Waals surface area contributed by atoms with E-state index in [1.165, 1.54) is 20.2 Å². The van der Waals surface area contributed by atoms with Gasteiger partial charge in [-0.05, 0) is 42.9 Å². The lowest BCUT2D eigenvalue weighted by molar-refractivity contribution is -0.130. The molecule has 30 heavy (non-hydrogen) atoms. The Morgan fingerprint density at radius 3 is 2.57 bits per heavy atom. The molecule has 0 aromatic heterocycles. The molecule has 166 valence electrons. The van der Waals surface area contributed by atoms with Crippen molar-refractivity contribution in [1.82, 2.24) is 10.2 Å². The Bertz CT molecular complexity index is 745. The van der Waals surface area contributed by atoms with E-state index in [4.69, 9.17) is 14.6 Å². The van der Waals surface area contributed by atoms with E-state index in [1.54, 1.807) is 12.1 Å². The molecule has 8 nitrogen and oxygen atoms in total. The van der Waals surface area contributed by atoms with Crippen LogP contribution in [0.1, 0.15) is 45.1 Å². The van der Waals surface area contributed by atoms with E-state index < -0.39 is 18.6 Å². The Labute approximate surface area is 177 Å². The maximum atomic E-state index is 12.0. The maximum Gasteiger partial charge on any atom is 0.421 e. The number of imide groups is 1. The third kappa shape index (κ3) is 9.09. The molecule has 0 aliphatic carbocycles. The minimum absolute atomic E-state index is 0.0264. The predicted octanol–water partition coefficient (Wildman–Crippen LogP) is 3.03. The lowest BCUT2D eigenvalue weighted by atomic mass is 10.1. The van der Waals surface area contributed by atoms with E-state index in [2.05, 4.69) is 31.3 Å². The van der Waals surface area contributed by atoms with Crippen LogP contribution in [-0.4, -0.2) is 48.7 Å². The summed E-state index contributed by atoms with van der Waals surface area (Å²) < 4.78 is 10.4. The fourth-order valence-corrected chi connectivity index (χ4v) is 2.48. The SMILES string of the molecule is COc1cc(CNC(=O)CCCC/C=C/C(C)C)ccc1OC(=O)N(C)C(=O)CO. The normalized spacial score (nSPS) is 10.9. The van der Waals surface area contributed by atoms with Crippen LogP contribution in [0.25, 0.3) is 0 Å². The van der Waals surface area contributed by atoms with Gasteiger partial charge >= 0.3 is 6.09 Å². The molecular formula is C22H32N2O6. The molecule has 0 atom stereocenters. The first-order valence-corrected chi connectivity index (χ1v) is 9.98. The molecule has 0 saturated carbocycles. The summed E-state index contributed by atoms with van der Waals surface area (Å²) in [6.45, 7) is 3.79. The number of aliphatic hydroxyl groups is 1. The number of nitrogens with one attached hydrogen (secondary N) is 1. The predicted molar refractivity (Wildman–Crippen MR) is 113 cm³/mol. The molecule has 0 bridgehead atoms. The third-order valence-electron chi connectivity index (χ3n) is 4.24. The molecular weight excluding hydrogens is 388 g/mol. The van der Waals surface area contributed by atoms with Gasteiger partial charge in [0, 0.05) is 20.0 Å². The molecule has 0 heterocycles. The highest BCUT2D eigenvalue weighted by Gasteiger charge is 2.19. The van der Waals surface area contributed by atoms with Crippen molar-refractivity contribution in [2.75, 3.05) is 20.8 Å². The zero-order valence-electron chi connectivity index (χ0n) is 18.1. The van der Waals surface area contributed by atoms with Gasteiger partial charge in [-0.2, -0.15) is 0 Å². The maximum absolute atomic E-state index is 12.0. The van der Waals surface area contributed by atoms with Gasteiger partial charge in [0.2, 0.25) is 5.91 Å². The molecule has 1 aromatic rings. The number of amides is 3. The summed E-state index contributed by atoms with van der Waals surface area (Å²) in [5, 5.41) is 11.7. The van der Waals surface area contributed by atoms with Gasteiger partial charge in [-0.15, -0.1) is 0 Å². The minimum atomic E-state index is -0.934. The molecule has 0 unspecified atom stereocenters. The van der Waals surface area contributed by atoms with Gasteiger partial charge in [-0.25, -0.2) is 9.69 Å². The number of hydrogen-bond donors (Lipinski definition) is 2. The standard InChI is InChI=1S/C22H32N2O6/c1-16(2)9-7-5-6-8-10-20(26)23-14-17-11-12-18(19(13-17)29-4)30-22(28)24(3)21(27)15-25/h7,9,11-13,16,25H,5-6,8,10,14-15H2,1-4H3,(H,23,26)/b9-7+. The Hall–Kier alpha value is -2.87. The van der Waals surface area contributed by atoms with Crippen LogP contribution in [0.15, 0.2) is 30.4 Å². The van der Waals surface area contributed by atoms with Crippen molar-refractivity contribution in [3.05, 3.63) is 35.9 Å². The topological polar surface area (TPSA) is 105 Å². The molecule has 1 rings (SSSR count). The van der Waals surface area contributed by atoms with Gasteiger partial charge in [-0.3, -0.25) is 9.59 Å². The number of aliphatic hydroxyl groups excluding tert-OH is 1. The largest absolute Gasteiger partial charge is 0.493 e. The Balaban J connectivity index is 2.51. The van der Waals surface area contributed by atoms with Crippen molar-refractivity contribution in [2.45, 2.75) is 46.1 Å². The smallest absolute Gasteiger partial charge is 0.421 e. The average molecular weight is 421 g/mol. The summed E-state index contributed by atoms with van der Waals surface area (Å²) in [7, 11) is 2.63. The van der Waals surface area contributed by atoms with Crippen LogP contribution in [-0.2, 0) is 16.1 Å². The molecule has 0 fully saturated rings. The molecule has 1 aromatic carbocycles. The number of unbranched alkanes of at least 4 members (excludes halogenated alkanes) is 2. The first kappa shape index (κ1) is 25.2. The number of carbonyl (C=O) groups excluding carboxylic acids is 3. The Kier molecular flexibility index (Phi) is 11.2. The van der Waals surface area contributed by atoms with Crippen molar-refractivity contribution in [3.63, 3.8) is 0 Å². The van der Waals surface area contributed by atoms with Crippen LogP contribution in [0.4, 0.5) is 4.79 Å². The summed E-state index contributed by atoms with van der Waals surface area (Å²) in [6, 6.07) is 4.86. The van der Waals surface area contributed by atoms with Crippen molar-refractivity contribution >= 4 is 17.9 Å². The summed E-state index contributed by atoms with van der Waals surface area (Å²) in [6.07, 6.45) is 6.62. The van der Waals surface area contributed by atoms with Crippen LogP contribution in [0.2, 0.25) is 0 Å². The number of benzene rings is 1. The first-order chi connectivity index (χ1) is 14.3. The van der Waals surface area contributed by atoms with Gasteiger partial charge < -0.3 is 19.9 Å². The lowest BCUT2D eigenvalue weighted by Crippen LogP contribution is -2.37. The molecule has 0 aliphatic heterocycles. The van der Waals surface area contributed by atoms with E-state index in [0.29, 0.717) is 23.8 Å². The molecule has 8 heteroatoms. The fourth-order valence-electron chi connectivity index (χ4n) is 2.48. The summed E-state index contributed by atoms with van der Waals surface area (Å²) >= 11 is 0. The third-order valence-corrected chi connectivity index (χ3v) is 4.24. The first-order valence-electron chi connectivity index (χ1n) is 9.98. The van der Waals surface area contributed by atoms with Gasteiger partial charge in [-0.1, -0.05) is 32.1 Å². The highest BCUT2D eigenvalue weighted by atomic mass is 16.6. The number of likely N-dealkylation sites (N-methyl/N-ethyl adjacent to an activating group) is 1. The van der Waals surface area contributed by atoms with Gasteiger partial charge in [0.15, 0.2) is 11.5 Å². The Morgan fingerprint density at radius 1 is 1.20 bits per heavy atom. The lowest BCUT2D eigenvalue weighted by Gasteiger charge is -2.16. The summed E-state index contributed by atoms with van der Waals surface area (Å²) in [5.41, 5.74) is 0.777. The Morgan fingerprint density at radius 2 is 1.93 bits per heavy atom. The van der Waals surface area contributed by atoms with Crippen LogP contribution in [0, 0.1) is 5.92 Å². The zero-order chi connectivity index (χ0) is 22.5. The van der Waals surface area contributed by atoms with E-state index in [0.717, 1.165) is 24.8 Å². The van der Waals surface area contributed by atoms with Crippen LogP contribution in [0.3, 0.4) is 0 Å². The molecule has 0 radical (unpaired) electrons. The highest BCUT2D eigenvalue weighted by molar-refractivity contribution is 5.93. The minimum Gasteiger partial charge on any atom is -0.493 e. The van der Waals surface area contributed by atoms with Gasteiger partial charge in [0.1, 0.15) is 6.61 Å². The number of ether oxygens (including phenoxy) is 2. The van der Waals surface area contributed by atoms with E-state index in [1.807, 2.05) is 0 Å². The number of nitrogens with zero attached hydrogens (tertiary/aromatic N) is 1. The second-order valence-corrected chi connectivity index (χ2v) is 7.16. The van der Waals surface area contributed by atoms with Crippen LogP contribution >= 0.6 is 0 Å². The van der Waals surface area contributed by atoms with Crippen molar-refractivity contribution in [1.29, 1.82) is 0 Å². The average Bonchev–Trinajstić information content (AvgIpc) is 2.73. The quantitative estimate of drug-likeness (QED) is 0.421.